The lowest BCUT2D eigenvalue weighted by Gasteiger charge is -2.19. The van der Waals surface area contributed by atoms with Crippen molar-refractivity contribution in [2.45, 2.75) is 6.54 Å². The van der Waals surface area contributed by atoms with E-state index >= 15 is 0 Å². The quantitative estimate of drug-likeness (QED) is 0.172. The molecule has 8 heteroatoms. The molecule has 0 atom stereocenters. The van der Waals surface area contributed by atoms with Gasteiger partial charge in [0.25, 0.3) is 6.54 Å². The third kappa shape index (κ3) is 7.53. The Morgan fingerprint density at radius 1 is 1.64 bits per heavy atom. The molecule has 0 radical (unpaired) electrons. The first-order valence-electron chi connectivity index (χ1n) is 6.68. The van der Waals surface area contributed by atoms with Gasteiger partial charge in [-0.2, -0.15) is 0 Å². The normalized spacial score (nSPS) is 11.7. The van der Waals surface area contributed by atoms with E-state index in [2.05, 4.69) is 21.5 Å². The Balaban J connectivity index is 2.56. The number of hydrogen-bond donors (Lipinski definition) is 0. The summed E-state index contributed by atoms with van der Waals surface area (Å²) in [5.41, 5.74) is 1.05. The van der Waals surface area contributed by atoms with Crippen LogP contribution in [0.4, 0.5) is 0 Å². The second-order valence-corrected chi connectivity index (χ2v) is 5.75. The molecule has 1 aromatic rings. The Labute approximate surface area is 139 Å². The maximum Gasteiger partial charge on any atom is 0.250 e. The molecule has 0 unspecified atom stereocenters. The fourth-order valence-electron chi connectivity index (χ4n) is 1.78. The van der Waals surface area contributed by atoms with Crippen molar-refractivity contribution in [1.82, 2.24) is 9.88 Å². The van der Waals surface area contributed by atoms with E-state index in [1.165, 1.54) is 11.8 Å². The molecule has 0 fully saturated rings. The van der Waals surface area contributed by atoms with Crippen LogP contribution in [0.25, 0.3) is 0 Å². The predicted octanol–water partition coefficient (Wildman–Crippen LogP) is 2.76. The standard InChI is InChI=1S/C14H19ClN4O2S/c1-3-7-18(10-12-4-5-13(15)17-9-12)8-6-16-14(22-2)11-19(20)21/h3-5,9H,1,6-8,10-11H2,2H3. The monoisotopic (exact) mass is 342 g/mol. The minimum absolute atomic E-state index is 0.219. The van der Waals surface area contributed by atoms with E-state index in [4.69, 9.17) is 11.6 Å². The van der Waals surface area contributed by atoms with Gasteiger partial charge in [-0.1, -0.05) is 23.7 Å². The summed E-state index contributed by atoms with van der Waals surface area (Å²) < 4.78 is 0. The zero-order chi connectivity index (χ0) is 16.4. The number of nitro groups is 1. The maximum atomic E-state index is 10.5. The molecule has 1 rings (SSSR count). The Kier molecular flexibility index (Phi) is 8.72. The minimum atomic E-state index is -0.365. The molecule has 1 aromatic heterocycles. The molecule has 0 aliphatic carbocycles. The number of aliphatic imine (C=N–C) groups is 1. The Morgan fingerprint density at radius 3 is 2.95 bits per heavy atom. The van der Waals surface area contributed by atoms with Crippen molar-refractivity contribution in [3.8, 4) is 0 Å². The van der Waals surface area contributed by atoms with E-state index in [0.717, 1.165) is 5.56 Å². The van der Waals surface area contributed by atoms with Crippen LogP contribution in [-0.4, -0.2) is 52.3 Å². The molecule has 0 N–H and O–H groups in total. The van der Waals surface area contributed by atoms with Crippen LogP contribution in [-0.2, 0) is 6.54 Å². The molecule has 0 bridgehead atoms. The smallest absolute Gasteiger partial charge is 0.250 e. The number of halogens is 1. The van der Waals surface area contributed by atoms with Crippen molar-refractivity contribution in [3.05, 3.63) is 51.8 Å². The molecule has 0 amide bonds. The van der Waals surface area contributed by atoms with Crippen LogP contribution in [0.2, 0.25) is 5.15 Å². The summed E-state index contributed by atoms with van der Waals surface area (Å²) in [4.78, 5) is 20.6. The third-order valence-corrected chi connectivity index (χ3v) is 3.74. The van der Waals surface area contributed by atoms with E-state index in [1.54, 1.807) is 18.5 Å². The number of rotatable bonds is 9. The van der Waals surface area contributed by atoms with Gasteiger partial charge >= 0.3 is 0 Å². The van der Waals surface area contributed by atoms with E-state index in [9.17, 15) is 10.1 Å². The van der Waals surface area contributed by atoms with Crippen LogP contribution >= 0.6 is 23.4 Å². The average Bonchev–Trinajstić information content (AvgIpc) is 2.48. The Morgan fingerprint density at radius 2 is 2.41 bits per heavy atom. The summed E-state index contributed by atoms with van der Waals surface area (Å²) in [7, 11) is 0. The first-order chi connectivity index (χ1) is 10.5. The third-order valence-electron chi connectivity index (χ3n) is 2.79. The van der Waals surface area contributed by atoms with Crippen molar-refractivity contribution < 1.29 is 4.92 Å². The summed E-state index contributed by atoms with van der Waals surface area (Å²) in [5, 5.41) is 11.5. The fourth-order valence-corrected chi connectivity index (χ4v) is 2.35. The predicted molar refractivity (Wildman–Crippen MR) is 92.4 cm³/mol. The summed E-state index contributed by atoms with van der Waals surface area (Å²) in [6.45, 7) is 6.15. The minimum Gasteiger partial charge on any atom is -0.294 e. The van der Waals surface area contributed by atoms with Crippen LogP contribution in [0.1, 0.15) is 5.56 Å². The van der Waals surface area contributed by atoms with E-state index < -0.39 is 0 Å². The van der Waals surface area contributed by atoms with Crippen molar-refractivity contribution >= 4 is 28.4 Å². The van der Waals surface area contributed by atoms with E-state index in [0.29, 0.717) is 36.4 Å². The average molecular weight is 343 g/mol. The van der Waals surface area contributed by atoms with Gasteiger partial charge in [-0.3, -0.25) is 20.0 Å². The van der Waals surface area contributed by atoms with Gasteiger partial charge in [-0.15, -0.1) is 18.3 Å². The molecule has 1 heterocycles. The molecule has 22 heavy (non-hydrogen) atoms. The second kappa shape index (κ2) is 10.3. The van der Waals surface area contributed by atoms with Crippen LogP contribution in [0.3, 0.4) is 0 Å². The van der Waals surface area contributed by atoms with Gasteiger partial charge in [0.15, 0.2) is 0 Å². The summed E-state index contributed by atoms with van der Waals surface area (Å²) in [5.74, 6) is 0. The van der Waals surface area contributed by atoms with Gasteiger partial charge in [0.05, 0.1) is 6.54 Å². The Hall–Kier alpha value is -1.44. The number of pyridine rings is 1. The van der Waals surface area contributed by atoms with Gasteiger partial charge in [0, 0.05) is 30.8 Å². The number of thioether (sulfide) groups is 1. The highest BCUT2D eigenvalue weighted by Gasteiger charge is 2.07. The fraction of sp³-hybridized carbons (Fsp3) is 0.429. The van der Waals surface area contributed by atoms with E-state index in [-0.39, 0.29) is 11.5 Å². The van der Waals surface area contributed by atoms with Gasteiger partial charge in [-0.25, -0.2) is 4.98 Å². The van der Waals surface area contributed by atoms with Crippen molar-refractivity contribution in [2.75, 3.05) is 32.4 Å². The summed E-state index contributed by atoms with van der Waals surface area (Å²) in [6, 6.07) is 3.68. The van der Waals surface area contributed by atoms with Crippen molar-refractivity contribution in [3.63, 3.8) is 0 Å². The maximum absolute atomic E-state index is 10.5. The second-order valence-electron chi connectivity index (χ2n) is 4.48. The first kappa shape index (κ1) is 18.6. The van der Waals surface area contributed by atoms with Gasteiger partial charge in [-0.05, 0) is 17.9 Å². The lowest BCUT2D eigenvalue weighted by molar-refractivity contribution is -0.462. The van der Waals surface area contributed by atoms with Crippen LogP contribution in [0, 0.1) is 10.1 Å². The molecule has 0 saturated heterocycles. The first-order valence-corrected chi connectivity index (χ1v) is 8.28. The Bertz CT molecular complexity index is 522. The lowest BCUT2D eigenvalue weighted by Crippen LogP contribution is -2.26. The molecule has 0 aliphatic rings. The van der Waals surface area contributed by atoms with Crippen LogP contribution in [0.5, 0.6) is 0 Å². The number of aromatic nitrogens is 1. The zero-order valence-electron chi connectivity index (χ0n) is 12.4. The number of hydrogen-bond acceptors (Lipinski definition) is 6. The van der Waals surface area contributed by atoms with Gasteiger partial charge in [0.1, 0.15) is 10.2 Å². The lowest BCUT2D eigenvalue weighted by atomic mass is 10.2. The molecule has 6 nitrogen and oxygen atoms in total. The molecule has 0 saturated carbocycles. The van der Waals surface area contributed by atoms with Crippen molar-refractivity contribution in [2.24, 2.45) is 4.99 Å². The zero-order valence-corrected chi connectivity index (χ0v) is 14.0. The van der Waals surface area contributed by atoms with E-state index in [1.807, 2.05) is 12.1 Å². The molecule has 0 spiro atoms. The van der Waals surface area contributed by atoms with Crippen LogP contribution in [0.15, 0.2) is 36.0 Å². The highest BCUT2D eigenvalue weighted by molar-refractivity contribution is 8.13. The highest BCUT2D eigenvalue weighted by Crippen LogP contribution is 2.08. The summed E-state index contributed by atoms with van der Waals surface area (Å²) >= 11 is 7.08. The largest absolute Gasteiger partial charge is 0.294 e. The molecule has 120 valence electrons. The summed E-state index contributed by atoms with van der Waals surface area (Å²) in [6.07, 6.45) is 5.35. The topological polar surface area (TPSA) is 71.6 Å². The molecular weight excluding hydrogens is 324 g/mol. The van der Waals surface area contributed by atoms with Crippen molar-refractivity contribution in [1.29, 1.82) is 0 Å². The molecule has 0 aliphatic heterocycles. The van der Waals surface area contributed by atoms with Gasteiger partial charge < -0.3 is 0 Å². The molecule has 0 aromatic carbocycles. The number of nitrogens with zero attached hydrogens (tertiary/aromatic N) is 4. The van der Waals surface area contributed by atoms with Crippen LogP contribution < -0.4 is 0 Å². The highest BCUT2D eigenvalue weighted by atomic mass is 35.5. The molecular formula is C14H19ClN4O2S. The SMILES string of the molecule is C=CCN(CCN=C(C[N+](=O)[O-])SC)Cc1ccc(Cl)nc1. The van der Waals surface area contributed by atoms with Gasteiger partial charge in [0.2, 0.25) is 0 Å².